The summed E-state index contributed by atoms with van der Waals surface area (Å²) < 4.78 is 48.9. The summed E-state index contributed by atoms with van der Waals surface area (Å²) >= 11 is 0. The molecule has 0 aliphatic carbocycles. The number of rotatable bonds is 6. The summed E-state index contributed by atoms with van der Waals surface area (Å²) in [6.07, 6.45) is 0.564. The first-order chi connectivity index (χ1) is 7.41. The summed E-state index contributed by atoms with van der Waals surface area (Å²) in [4.78, 5) is 0. The topological polar surface area (TPSA) is 78.9 Å². The van der Waals surface area contributed by atoms with Crippen LogP contribution < -0.4 is 0 Å². The lowest BCUT2D eigenvalue weighted by Crippen LogP contribution is -2.15. The zero-order valence-electron chi connectivity index (χ0n) is 9.16. The summed E-state index contributed by atoms with van der Waals surface area (Å²) in [6, 6.07) is 0. The van der Waals surface area contributed by atoms with E-state index in [0.29, 0.717) is 0 Å². The fourth-order valence-electron chi connectivity index (χ4n) is 1.19. The van der Waals surface area contributed by atoms with Crippen molar-refractivity contribution in [3.63, 3.8) is 0 Å². The van der Waals surface area contributed by atoms with Crippen LogP contribution in [0.25, 0.3) is 0 Å². The fraction of sp³-hybridized carbons (Fsp3) is 0.750. The van der Waals surface area contributed by atoms with Gasteiger partial charge in [0.05, 0.1) is 19.0 Å². The van der Waals surface area contributed by atoms with Gasteiger partial charge in [-0.15, -0.1) is 0 Å². The first-order valence-corrected chi connectivity index (χ1v) is 8.07. The van der Waals surface area contributed by atoms with Crippen LogP contribution in [0.1, 0.15) is 13.8 Å². The van der Waals surface area contributed by atoms with Crippen molar-refractivity contribution in [1.82, 2.24) is 0 Å². The zero-order valence-corrected chi connectivity index (χ0v) is 10.9. The summed E-state index contributed by atoms with van der Waals surface area (Å²) in [5.74, 6) is -0.225. The Morgan fingerprint density at radius 1 is 1.31 bits per heavy atom. The van der Waals surface area contributed by atoms with E-state index < -0.39 is 23.8 Å². The minimum atomic E-state index is -3.64. The highest BCUT2D eigenvalue weighted by Gasteiger charge is 2.33. The normalized spacial score (nSPS) is 23.8. The van der Waals surface area contributed by atoms with Crippen molar-refractivity contribution in [2.24, 2.45) is 0 Å². The van der Waals surface area contributed by atoms with Gasteiger partial charge in [-0.2, -0.15) is 0 Å². The van der Waals surface area contributed by atoms with Gasteiger partial charge in [-0.25, -0.2) is 13.0 Å². The summed E-state index contributed by atoms with van der Waals surface area (Å²) in [5.41, 5.74) is 0. The number of sulfone groups is 1. The maximum atomic E-state index is 11.9. The Hall–Kier alpha value is -0.200. The van der Waals surface area contributed by atoms with Crippen LogP contribution in [-0.4, -0.2) is 33.5 Å². The van der Waals surface area contributed by atoms with Gasteiger partial charge in [-0.1, -0.05) is 0 Å². The highest BCUT2D eigenvalue weighted by Crippen LogP contribution is 2.51. The van der Waals surface area contributed by atoms with E-state index in [9.17, 15) is 13.0 Å². The Balaban J connectivity index is 2.64. The maximum Gasteiger partial charge on any atom is 0.475 e. The molecule has 1 rings (SSSR count). The Morgan fingerprint density at radius 2 is 1.88 bits per heavy atom. The van der Waals surface area contributed by atoms with Crippen molar-refractivity contribution in [3.05, 3.63) is 11.5 Å². The van der Waals surface area contributed by atoms with Crippen molar-refractivity contribution in [3.8, 4) is 0 Å². The maximum absolute atomic E-state index is 11.9. The molecule has 0 spiro atoms. The van der Waals surface area contributed by atoms with Crippen molar-refractivity contribution in [2.45, 2.75) is 20.0 Å². The molecule has 0 saturated heterocycles. The molecule has 8 heteroatoms. The van der Waals surface area contributed by atoms with Crippen LogP contribution in [0.4, 0.5) is 0 Å². The summed E-state index contributed by atoms with van der Waals surface area (Å²) in [5, 5.41) is 1.04. The predicted octanol–water partition coefficient (Wildman–Crippen LogP) is 1.49. The average molecular weight is 270 g/mol. The van der Waals surface area contributed by atoms with E-state index in [1.54, 1.807) is 13.8 Å². The molecule has 16 heavy (non-hydrogen) atoms. The van der Waals surface area contributed by atoms with Crippen LogP contribution in [0.2, 0.25) is 0 Å². The lowest BCUT2D eigenvalue weighted by molar-refractivity contribution is 0.108. The molecule has 1 heterocycles. The largest absolute Gasteiger partial charge is 0.475 e. The SMILES string of the molecule is CCOP(=O)(OCC)OC1C=CS(=O)(=O)C1. The van der Waals surface area contributed by atoms with Crippen LogP contribution >= 0.6 is 7.82 Å². The van der Waals surface area contributed by atoms with Crippen molar-refractivity contribution in [2.75, 3.05) is 19.0 Å². The molecule has 0 bridgehead atoms. The minimum absolute atomic E-state index is 0.167. The molecular weight excluding hydrogens is 255 g/mol. The predicted molar refractivity (Wildman–Crippen MR) is 58.7 cm³/mol. The molecule has 0 aromatic carbocycles. The number of hydrogen-bond acceptors (Lipinski definition) is 6. The molecule has 1 unspecified atom stereocenters. The lowest BCUT2D eigenvalue weighted by Gasteiger charge is -2.18. The van der Waals surface area contributed by atoms with E-state index in [0.717, 1.165) is 5.41 Å². The van der Waals surface area contributed by atoms with Gasteiger partial charge >= 0.3 is 7.82 Å². The van der Waals surface area contributed by atoms with Crippen molar-refractivity contribution < 1.29 is 26.6 Å². The molecule has 1 atom stereocenters. The standard InChI is InChI=1S/C8H15O6PS/c1-3-12-15(9,13-4-2)14-8-5-6-16(10,11)7-8/h5-6,8H,3-4,7H2,1-2H3. The van der Waals surface area contributed by atoms with Crippen molar-refractivity contribution in [1.29, 1.82) is 0 Å². The minimum Gasteiger partial charge on any atom is -0.287 e. The zero-order chi connectivity index (χ0) is 12.2. The first-order valence-electron chi connectivity index (χ1n) is 4.89. The molecule has 6 nitrogen and oxygen atoms in total. The third kappa shape index (κ3) is 3.99. The van der Waals surface area contributed by atoms with E-state index in [1.807, 2.05) is 0 Å². The molecular formula is C8H15O6PS. The van der Waals surface area contributed by atoms with Crippen LogP contribution in [0.3, 0.4) is 0 Å². The van der Waals surface area contributed by atoms with Gasteiger partial charge in [0.25, 0.3) is 0 Å². The van der Waals surface area contributed by atoms with E-state index in [1.165, 1.54) is 6.08 Å². The quantitative estimate of drug-likeness (QED) is 0.680. The van der Waals surface area contributed by atoms with E-state index in [2.05, 4.69) is 0 Å². The molecule has 0 amide bonds. The van der Waals surface area contributed by atoms with Gasteiger partial charge in [0.1, 0.15) is 6.10 Å². The highest BCUT2D eigenvalue weighted by atomic mass is 32.2. The van der Waals surface area contributed by atoms with E-state index in [4.69, 9.17) is 13.6 Å². The lowest BCUT2D eigenvalue weighted by atomic mass is 10.4. The number of phosphoric ester groups is 1. The van der Waals surface area contributed by atoms with Crippen LogP contribution in [0, 0.1) is 0 Å². The third-order valence-electron chi connectivity index (χ3n) is 1.74. The van der Waals surface area contributed by atoms with Gasteiger partial charge in [-0.3, -0.25) is 13.6 Å². The molecule has 0 aromatic rings. The van der Waals surface area contributed by atoms with E-state index in [-0.39, 0.29) is 19.0 Å². The molecule has 0 N–H and O–H groups in total. The third-order valence-corrected chi connectivity index (χ3v) is 4.78. The Kier molecular flexibility index (Phi) is 4.70. The monoisotopic (exact) mass is 270 g/mol. The average Bonchev–Trinajstić information content (AvgIpc) is 2.45. The van der Waals surface area contributed by atoms with Crippen LogP contribution in [0.5, 0.6) is 0 Å². The number of phosphoric acid groups is 1. The second-order valence-electron chi connectivity index (χ2n) is 3.08. The second kappa shape index (κ2) is 5.42. The number of hydrogen-bond donors (Lipinski definition) is 0. The molecule has 0 saturated carbocycles. The van der Waals surface area contributed by atoms with Crippen LogP contribution in [-0.2, 0) is 28.0 Å². The van der Waals surface area contributed by atoms with Gasteiger partial charge in [0.2, 0.25) is 0 Å². The molecule has 94 valence electrons. The summed E-state index contributed by atoms with van der Waals surface area (Å²) in [6.45, 7) is 3.63. The first kappa shape index (κ1) is 13.9. The summed E-state index contributed by atoms with van der Waals surface area (Å²) in [7, 11) is -6.88. The molecule has 1 aliphatic rings. The Labute approximate surface area is 95.1 Å². The van der Waals surface area contributed by atoms with Gasteiger partial charge in [0.15, 0.2) is 9.84 Å². The smallest absolute Gasteiger partial charge is 0.287 e. The Morgan fingerprint density at radius 3 is 2.25 bits per heavy atom. The molecule has 0 fully saturated rings. The van der Waals surface area contributed by atoms with Gasteiger partial charge in [-0.05, 0) is 19.9 Å². The van der Waals surface area contributed by atoms with Crippen molar-refractivity contribution >= 4 is 17.7 Å². The molecule has 1 aliphatic heterocycles. The van der Waals surface area contributed by atoms with Gasteiger partial charge in [0, 0.05) is 5.41 Å². The second-order valence-corrected chi connectivity index (χ2v) is 6.64. The Bertz CT molecular complexity index is 391. The van der Waals surface area contributed by atoms with E-state index >= 15 is 0 Å². The van der Waals surface area contributed by atoms with Crippen LogP contribution in [0.15, 0.2) is 11.5 Å². The highest BCUT2D eigenvalue weighted by molar-refractivity contribution is 7.94. The fourth-order valence-corrected chi connectivity index (χ4v) is 3.76. The molecule has 0 aromatic heterocycles. The van der Waals surface area contributed by atoms with Gasteiger partial charge < -0.3 is 0 Å². The molecule has 0 radical (unpaired) electrons.